The normalized spacial score (nSPS) is 22.1. The van der Waals surface area contributed by atoms with E-state index in [4.69, 9.17) is 0 Å². The van der Waals surface area contributed by atoms with Crippen molar-refractivity contribution >= 4 is 6.29 Å². The molecule has 0 aliphatic carbocycles. The standard InChI is InChI=1S/C8H7FO2.C6H14N2/c1-11-7-4-2-3-6(5-10)8(7)9;1-5-3-7-4-6(2)8-5/h2-5H,1H3;5-8H,3-4H2,1-2H3/t;5-,6+. The molecule has 19 heavy (non-hydrogen) atoms. The minimum absolute atomic E-state index is 0.0179. The first-order valence-corrected chi connectivity index (χ1v) is 6.33. The summed E-state index contributed by atoms with van der Waals surface area (Å²) in [5, 5.41) is 6.74. The molecule has 4 nitrogen and oxygen atoms in total. The number of methoxy groups -OCH3 is 1. The van der Waals surface area contributed by atoms with Crippen molar-refractivity contribution in [3.8, 4) is 5.75 Å². The van der Waals surface area contributed by atoms with Gasteiger partial charge in [0.25, 0.3) is 0 Å². The minimum Gasteiger partial charge on any atom is -0.494 e. The number of aldehydes is 1. The molecule has 0 saturated carbocycles. The van der Waals surface area contributed by atoms with Gasteiger partial charge in [-0.3, -0.25) is 4.79 Å². The van der Waals surface area contributed by atoms with Crippen LogP contribution in [0.2, 0.25) is 0 Å². The highest BCUT2D eigenvalue weighted by molar-refractivity contribution is 5.76. The van der Waals surface area contributed by atoms with Crippen LogP contribution in [0.15, 0.2) is 18.2 Å². The maximum absolute atomic E-state index is 12.9. The van der Waals surface area contributed by atoms with Crippen LogP contribution in [-0.2, 0) is 0 Å². The highest BCUT2D eigenvalue weighted by Crippen LogP contribution is 2.17. The lowest BCUT2D eigenvalue weighted by atomic mass is 10.2. The van der Waals surface area contributed by atoms with Gasteiger partial charge >= 0.3 is 0 Å². The number of ether oxygens (including phenoxy) is 1. The first-order valence-electron chi connectivity index (χ1n) is 6.33. The van der Waals surface area contributed by atoms with Gasteiger partial charge in [-0.05, 0) is 26.0 Å². The molecular formula is C14H21FN2O2. The van der Waals surface area contributed by atoms with Crippen LogP contribution in [0.4, 0.5) is 4.39 Å². The van der Waals surface area contributed by atoms with Crippen LogP contribution in [0, 0.1) is 5.82 Å². The third-order valence-corrected chi connectivity index (χ3v) is 2.81. The van der Waals surface area contributed by atoms with Crippen molar-refractivity contribution in [3.05, 3.63) is 29.6 Å². The average molecular weight is 268 g/mol. The third kappa shape index (κ3) is 4.96. The molecule has 1 fully saturated rings. The zero-order valence-electron chi connectivity index (χ0n) is 11.6. The van der Waals surface area contributed by atoms with Crippen molar-refractivity contribution in [1.82, 2.24) is 10.6 Å². The van der Waals surface area contributed by atoms with Gasteiger partial charge in [0.15, 0.2) is 17.9 Å². The fourth-order valence-corrected chi connectivity index (χ4v) is 1.90. The first kappa shape index (κ1) is 15.6. The van der Waals surface area contributed by atoms with E-state index in [0.29, 0.717) is 18.4 Å². The van der Waals surface area contributed by atoms with Gasteiger partial charge in [0.1, 0.15) is 0 Å². The Morgan fingerprint density at radius 3 is 2.37 bits per heavy atom. The van der Waals surface area contributed by atoms with E-state index >= 15 is 0 Å². The molecule has 1 heterocycles. The summed E-state index contributed by atoms with van der Waals surface area (Å²) in [5.74, 6) is -0.514. The minimum atomic E-state index is -0.606. The molecule has 5 heteroatoms. The number of piperazine rings is 1. The molecule has 1 aromatic rings. The largest absolute Gasteiger partial charge is 0.494 e. The molecule has 2 N–H and O–H groups in total. The molecule has 0 aromatic heterocycles. The Kier molecular flexibility index (Phi) is 6.45. The first-order chi connectivity index (χ1) is 9.08. The molecule has 2 rings (SSSR count). The lowest BCUT2D eigenvalue weighted by Gasteiger charge is -2.26. The fraction of sp³-hybridized carbons (Fsp3) is 0.500. The molecule has 1 aliphatic heterocycles. The summed E-state index contributed by atoms with van der Waals surface area (Å²) < 4.78 is 17.6. The Morgan fingerprint density at radius 1 is 1.32 bits per heavy atom. The Balaban J connectivity index is 0.000000200. The predicted molar refractivity (Wildman–Crippen MR) is 73.3 cm³/mol. The van der Waals surface area contributed by atoms with E-state index in [9.17, 15) is 9.18 Å². The molecule has 1 aliphatic rings. The molecule has 0 spiro atoms. The van der Waals surface area contributed by atoms with E-state index < -0.39 is 5.82 Å². The van der Waals surface area contributed by atoms with Gasteiger partial charge in [-0.1, -0.05) is 6.07 Å². The number of carbonyl (C=O) groups excluding carboxylic acids is 1. The second-order valence-electron chi connectivity index (χ2n) is 4.61. The van der Waals surface area contributed by atoms with Gasteiger partial charge < -0.3 is 15.4 Å². The molecule has 0 radical (unpaired) electrons. The summed E-state index contributed by atoms with van der Waals surface area (Å²) in [6.45, 7) is 6.62. The van der Waals surface area contributed by atoms with Gasteiger partial charge in [0.2, 0.25) is 0 Å². The lowest BCUT2D eigenvalue weighted by Crippen LogP contribution is -2.52. The van der Waals surface area contributed by atoms with Gasteiger partial charge in [-0.2, -0.15) is 0 Å². The highest BCUT2D eigenvalue weighted by Gasteiger charge is 2.11. The monoisotopic (exact) mass is 268 g/mol. The Labute approximate surface area is 113 Å². The van der Waals surface area contributed by atoms with E-state index in [1.165, 1.54) is 19.2 Å². The highest BCUT2D eigenvalue weighted by atomic mass is 19.1. The topological polar surface area (TPSA) is 50.4 Å². The van der Waals surface area contributed by atoms with E-state index in [2.05, 4.69) is 29.2 Å². The van der Waals surface area contributed by atoms with Crippen LogP contribution in [0.1, 0.15) is 24.2 Å². The van der Waals surface area contributed by atoms with Crippen molar-refractivity contribution in [3.63, 3.8) is 0 Å². The number of halogens is 1. The Morgan fingerprint density at radius 2 is 1.95 bits per heavy atom. The predicted octanol–water partition coefficient (Wildman–Crippen LogP) is 1.60. The lowest BCUT2D eigenvalue weighted by molar-refractivity contribution is 0.111. The zero-order chi connectivity index (χ0) is 14.3. The summed E-state index contributed by atoms with van der Waals surface area (Å²) in [6.07, 6.45) is 0.456. The molecular weight excluding hydrogens is 247 g/mol. The fourth-order valence-electron chi connectivity index (χ4n) is 1.90. The van der Waals surface area contributed by atoms with Crippen molar-refractivity contribution < 1.29 is 13.9 Å². The Hall–Kier alpha value is -1.46. The average Bonchev–Trinajstić information content (AvgIpc) is 2.39. The summed E-state index contributed by atoms with van der Waals surface area (Å²) in [6, 6.07) is 5.72. The van der Waals surface area contributed by atoms with Crippen LogP contribution in [0.5, 0.6) is 5.75 Å². The molecule has 0 unspecified atom stereocenters. The maximum Gasteiger partial charge on any atom is 0.175 e. The number of carbonyl (C=O) groups is 1. The van der Waals surface area contributed by atoms with E-state index in [1.807, 2.05) is 0 Å². The van der Waals surface area contributed by atoms with E-state index in [1.54, 1.807) is 6.07 Å². The Bertz CT molecular complexity index is 404. The maximum atomic E-state index is 12.9. The summed E-state index contributed by atoms with van der Waals surface area (Å²) in [5.41, 5.74) is 0.0179. The van der Waals surface area contributed by atoms with Crippen molar-refractivity contribution in [2.45, 2.75) is 25.9 Å². The van der Waals surface area contributed by atoms with E-state index in [0.717, 1.165) is 13.1 Å². The summed E-state index contributed by atoms with van der Waals surface area (Å²) in [7, 11) is 1.35. The summed E-state index contributed by atoms with van der Waals surface area (Å²) in [4.78, 5) is 10.2. The number of nitrogens with one attached hydrogen (secondary N) is 2. The van der Waals surface area contributed by atoms with Crippen molar-refractivity contribution in [2.24, 2.45) is 0 Å². The van der Waals surface area contributed by atoms with Gasteiger partial charge in [-0.15, -0.1) is 0 Å². The second kappa shape index (κ2) is 7.86. The third-order valence-electron chi connectivity index (χ3n) is 2.81. The summed E-state index contributed by atoms with van der Waals surface area (Å²) >= 11 is 0. The molecule has 1 saturated heterocycles. The van der Waals surface area contributed by atoms with Gasteiger partial charge in [-0.25, -0.2) is 4.39 Å². The quantitative estimate of drug-likeness (QED) is 0.800. The number of benzene rings is 1. The molecule has 106 valence electrons. The van der Waals surface area contributed by atoms with Crippen molar-refractivity contribution in [1.29, 1.82) is 0 Å². The number of rotatable bonds is 2. The zero-order valence-corrected chi connectivity index (χ0v) is 11.6. The molecule has 2 atom stereocenters. The molecule has 0 bridgehead atoms. The van der Waals surface area contributed by atoms with Crippen LogP contribution in [0.25, 0.3) is 0 Å². The van der Waals surface area contributed by atoms with Crippen LogP contribution < -0.4 is 15.4 Å². The van der Waals surface area contributed by atoms with Gasteiger partial charge in [0.05, 0.1) is 12.7 Å². The van der Waals surface area contributed by atoms with Crippen LogP contribution in [0.3, 0.4) is 0 Å². The molecule has 0 amide bonds. The smallest absolute Gasteiger partial charge is 0.175 e. The number of hydrogen-bond donors (Lipinski definition) is 2. The van der Waals surface area contributed by atoms with Crippen molar-refractivity contribution in [2.75, 3.05) is 20.2 Å². The van der Waals surface area contributed by atoms with Crippen LogP contribution >= 0.6 is 0 Å². The number of hydrogen-bond acceptors (Lipinski definition) is 4. The SMILES string of the molecule is COc1cccc(C=O)c1F.C[C@@H]1CNC[C@H](C)N1. The van der Waals surface area contributed by atoms with Gasteiger partial charge in [0, 0.05) is 25.2 Å². The molecule has 1 aromatic carbocycles. The van der Waals surface area contributed by atoms with Crippen LogP contribution in [-0.4, -0.2) is 38.6 Å². The second-order valence-corrected chi connectivity index (χ2v) is 4.61. The van der Waals surface area contributed by atoms with E-state index in [-0.39, 0.29) is 11.3 Å².